The molecule has 1 atom stereocenters. The lowest BCUT2D eigenvalue weighted by Crippen LogP contribution is -2.50. The fourth-order valence-electron chi connectivity index (χ4n) is 2.96. The molecule has 0 fully saturated rings. The van der Waals surface area contributed by atoms with Crippen LogP contribution in [0.2, 0.25) is 0 Å². The molecule has 2 rings (SSSR count). The van der Waals surface area contributed by atoms with E-state index in [0.29, 0.717) is 12.3 Å². The maximum atomic E-state index is 13.0. The molecule has 2 aromatic rings. The van der Waals surface area contributed by atoms with Gasteiger partial charge in [0, 0.05) is 17.1 Å². The molecular formula is C23H29BrN2O3. The normalized spacial score (nSPS) is 11.8. The van der Waals surface area contributed by atoms with Gasteiger partial charge in [0.05, 0.1) is 0 Å². The topological polar surface area (TPSA) is 58.6 Å². The average molecular weight is 461 g/mol. The lowest BCUT2D eigenvalue weighted by molar-refractivity contribution is -0.142. The van der Waals surface area contributed by atoms with Crippen LogP contribution in [0.25, 0.3) is 0 Å². The zero-order valence-electron chi connectivity index (χ0n) is 17.7. The van der Waals surface area contributed by atoms with Crippen molar-refractivity contribution < 1.29 is 14.3 Å². The largest absolute Gasteiger partial charge is 0.483 e. The van der Waals surface area contributed by atoms with Crippen molar-refractivity contribution in [2.24, 2.45) is 0 Å². The van der Waals surface area contributed by atoms with Crippen LogP contribution in [0.15, 0.2) is 46.9 Å². The number of rotatable bonds is 8. The standard InChI is InChI=1S/C23H29BrN2O3/c1-15(2)25-23(28)18(5)26(13-19-7-9-20(24)10-8-19)22(27)14-29-21-11-6-16(3)12-17(21)4/h6-12,15,18H,13-14H2,1-5H3,(H,25,28). The highest BCUT2D eigenvalue weighted by atomic mass is 79.9. The predicted octanol–water partition coefficient (Wildman–Crippen LogP) is 4.39. The number of hydrogen-bond donors (Lipinski definition) is 1. The Balaban J connectivity index is 2.16. The number of hydrogen-bond acceptors (Lipinski definition) is 3. The van der Waals surface area contributed by atoms with Crippen molar-refractivity contribution in [2.45, 2.75) is 53.2 Å². The van der Waals surface area contributed by atoms with E-state index in [4.69, 9.17) is 4.74 Å². The minimum Gasteiger partial charge on any atom is -0.483 e. The minimum atomic E-state index is -0.615. The van der Waals surface area contributed by atoms with Gasteiger partial charge in [0.2, 0.25) is 5.91 Å². The van der Waals surface area contributed by atoms with Crippen molar-refractivity contribution >= 4 is 27.7 Å². The van der Waals surface area contributed by atoms with E-state index in [9.17, 15) is 9.59 Å². The Morgan fingerprint density at radius 3 is 2.31 bits per heavy atom. The van der Waals surface area contributed by atoms with Gasteiger partial charge in [-0.3, -0.25) is 9.59 Å². The molecule has 1 N–H and O–H groups in total. The molecule has 0 aliphatic rings. The van der Waals surface area contributed by atoms with E-state index in [1.165, 1.54) is 0 Å². The Labute approximate surface area is 181 Å². The van der Waals surface area contributed by atoms with Crippen molar-refractivity contribution in [3.8, 4) is 5.75 Å². The second-order valence-electron chi connectivity index (χ2n) is 7.54. The molecule has 5 nitrogen and oxygen atoms in total. The van der Waals surface area contributed by atoms with E-state index in [1.54, 1.807) is 11.8 Å². The fraction of sp³-hybridized carbons (Fsp3) is 0.391. The van der Waals surface area contributed by atoms with Crippen LogP contribution in [0, 0.1) is 13.8 Å². The van der Waals surface area contributed by atoms with Gasteiger partial charge in [-0.05, 0) is 63.9 Å². The number of benzene rings is 2. The number of carbonyl (C=O) groups is 2. The Morgan fingerprint density at radius 2 is 1.72 bits per heavy atom. The van der Waals surface area contributed by atoms with Crippen molar-refractivity contribution in [3.05, 3.63) is 63.6 Å². The molecule has 0 saturated heterocycles. The van der Waals surface area contributed by atoms with E-state index in [-0.39, 0.29) is 24.5 Å². The van der Waals surface area contributed by atoms with E-state index < -0.39 is 6.04 Å². The first-order chi connectivity index (χ1) is 13.7. The molecule has 0 aliphatic heterocycles. The van der Waals surface area contributed by atoms with Gasteiger partial charge in [-0.25, -0.2) is 0 Å². The van der Waals surface area contributed by atoms with E-state index >= 15 is 0 Å². The first-order valence-electron chi connectivity index (χ1n) is 9.71. The van der Waals surface area contributed by atoms with Crippen LogP contribution in [0.5, 0.6) is 5.75 Å². The van der Waals surface area contributed by atoms with Gasteiger partial charge in [0.25, 0.3) is 5.91 Å². The molecule has 29 heavy (non-hydrogen) atoms. The van der Waals surface area contributed by atoms with Gasteiger partial charge < -0.3 is 15.0 Å². The van der Waals surface area contributed by atoms with Gasteiger partial charge in [-0.15, -0.1) is 0 Å². The summed E-state index contributed by atoms with van der Waals surface area (Å²) in [6, 6.07) is 12.9. The van der Waals surface area contributed by atoms with Crippen molar-refractivity contribution in [1.82, 2.24) is 10.2 Å². The first-order valence-corrected chi connectivity index (χ1v) is 10.5. The Kier molecular flexibility index (Phi) is 8.26. The molecule has 1 unspecified atom stereocenters. The highest BCUT2D eigenvalue weighted by Crippen LogP contribution is 2.19. The van der Waals surface area contributed by atoms with Crippen molar-refractivity contribution in [3.63, 3.8) is 0 Å². The van der Waals surface area contributed by atoms with Crippen LogP contribution in [0.3, 0.4) is 0 Å². The zero-order valence-corrected chi connectivity index (χ0v) is 19.2. The maximum absolute atomic E-state index is 13.0. The van der Waals surface area contributed by atoms with Gasteiger partial charge in [-0.2, -0.15) is 0 Å². The summed E-state index contributed by atoms with van der Waals surface area (Å²) < 4.78 is 6.73. The van der Waals surface area contributed by atoms with E-state index in [2.05, 4.69) is 21.2 Å². The second-order valence-corrected chi connectivity index (χ2v) is 8.46. The number of nitrogens with zero attached hydrogens (tertiary/aromatic N) is 1. The molecular weight excluding hydrogens is 432 g/mol. The van der Waals surface area contributed by atoms with Gasteiger partial charge >= 0.3 is 0 Å². The summed E-state index contributed by atoms with van der Waals surface area (Å²) in [6.45, 7) is 9.70. The molecule has 0 heterocycles. The third-order valence-electron chi connectivity index (χ3n) is 4.55. The summed E-state index contributed by atoms with van der Waals surface area (Å²) in [5.41, 5.74) is 3.05. The number of halogens is 1. The zero-order chi connectivity index (χ0) is 21.6. The van der Waals surface area contributed by atoms with Gasteiger partial charge in [0.1, 0.15) is 11.8 Å². The Bertz CT molecular complexity index is 850. The number of nitrogens with one attached hydrogen (secondary N) is 1. The third-order valence-corrected chi connectivity index (χ3v) is 5.07. The summed E-state index contributed by atoms with van der Waals surface area (Å²) in [5.74, 6) is 0.253. The highest BCUT2D eigenvalue weighted by molar-refractivity contribution is 9.10. The molecule has 156 valence electrons. The summed E-state index contributed by atoms with van der Waals surface area (Å²) in [4.78, 5) is 27.1. The molecule has 0 aromatic heterocycles. The summed E-state index contributed by atoms with van der Waals surface area (Å²) in [7, 11) is 0. The second kappa shape index (κ2) is 10.4. The molecule has 2 amide bonds. The highest BCUT2D eigenvalue weighted by Gasteiger charge is 2.27. The molecule has 0 aliphatic carbocycles. The number of carbonyl (C=O) groups excluding carboxylic acids is 2. The van der Waals surface area contributed by atoms with Gasteiger partial charge in [0.15, 0.2) is 6.61 Å². The van der Waals surface area contributed by atoms with Gasteiger partial charge in [-0.1, -0.05) is 45.8 Å². The van der Waals surface area contributed by atoms with Crippen molar-refractivity contribution in [2.75, 3.05) is 6.61 Å². The van der Waals surface area contributed by atoms with Crippen LogP contribution in [0.4, 0.5) is 0 Å². The molecule has 0 bridgehead atoms. The Morgan fingerprint density at radius 1 is 1.07 bits per heavy atom. The smallest absolute Gasteiger partial charge is 0.261 e. The van der Waals surface area contributed by atoms with Crippen LogP contribution < -0.4 is 10.1 Å². The molecule has 0 spiro atoms. The predicted molar refractivity (Wildman–Crippen MR) is 119 cm³/mol. The third kappa shape index (κ3) is 6.89. The summed E-state index contributed by atoms with van der Waals surface area (Å²) in [5, 5.41) is 2.88. The summed E-state index contributed by atoms with van der Waals surface area (Å²) in [6.07, 6.45) is 0. The number of aryl methyl sites for hydroxylation is 2. The van der Waals surface area contributed by atoms with Crippen LogP contribution in [-0.2, 0) is 16.1 Å². The lowest BCUT2D eigenvalue weighted by atomic mass is 10.1. The SMILES string of the molecule is Cc1ccc(OCC(=O)N(Cc2ccc(Br)cc2)C(C)C(=O)NC(C)C)c(C)c1. The van der Waals surface area contributed by atoms with E-state index in [0.717, 1.165) is 21.2 Å². The Hall–Kier alpha value is -2.34. The number of ether oxygens (including phenoxy) is 1. The van der Waals surface area contributed by atoms with Crippen LogP contribution in [-0.4, -0.2) is 35.4 Å². The minimum absolute atomic E-state index is 0.000964. The van der Waals surface area contributed by atoms with Crippen molar-refractivity contribution in [1.29, 1.82) is 0 Å². The average Bonchev–Trinajstić information content (AvgIpc) is 2.65. The summed E-state index contributed by atoms with van der Waals surface area (Å²) >= 11 is 3.42. The monoisotopic (exact) mass is 460 g/mol. The van der Waals surface area contributed by atoms with E-state index in [1.807, 2.05) is 70.2 Å². The molecule has 2 aromatic carbocycles. The molecule has 0 radical (unpaired) electrons. The number of amides is 2. The quantitative estimate of drug-likeness (QED) is 0.635. The maximum Gasteiger partial charge on any atom is 0.261 e. The molecule has 0 saturated carbocycles. The fourth-order valence-corrected chi connectivity index (χ4v) is 3.22. The van der Waals surface area contributed by atoms with Crippen LogP contribution >= 0.6 is 15.9 Å². The lowest BCUT2D eigenvalue weighted by Gasteiger charge is -2.29. The first kappa shape index (κ1) is 22.9. The van der Waals surface area contributed by atoms with Crippen LogP contribution in [0.1, 0.15) is 37.5 Å². The molecule has 6 heteroatoms.